The van der Waals surface area contributed by atoms with Gasteiger partial charge in [0.25, 0.3) is 0 Å². The van der Waals surface area contributed by atoms with Crippen LogP contribution in [-0.2, 0) is 9.53 Å². The van der Waals surface area contributed by atoms with E-state index >= 15 is 0 Å². The van der Waals surface area contributed by atoms with Crippen LogP contribution in [0.5, 0.6) is 0 Å². The molecule has 5 heteroatoms. The maximum atomic E-state index is 12.1. The van der Waals surface area contributed by atoms with Crippen molar-refractivity contribution in [3.05, 3.63) is 0 Å². The van der Waals surface area contributed by atoms with Crippen LogP contribution in [0.25, 0.3) is 0 Å². The molecule has 0 radical (unpaired) electrons. The quantitative estimate of drug-likeness (QED) is 0.685. The smallest absolute Gasteiger partial charge is 0.392 e. The van der Waals surface area contributed by atoms with E-state index in [0.29, 0.717) is 6.42 Å². The molecule has 1 unspecified atom stereocenters. The van der Waals surface area contributed by atoms with Gasteiger partial charge in [-0.3, -0.25) is 4.79 Å². The maximum absolute atomic E-state index is 12.1. The molecule has 0 rings (SSSR count). The van der Waals surface area contributed by atoms with Crippen LogP contribution >= 0.6 is 0 Å². The molecule has 16 heavy (non-hydrogen) atoms. The molecule has 0 aliphatic rings. The van der Waals surface area contributed by atoms with Crippen molar-refractivity contribution in [2.45, 2.75) is 59.2 Å². The van der Waals surface area contributed by atoms with Crippen molar-refractivity contribution in [1.29, 1.82) is 0 Å². The van der Waals surface area contributed by atoms with Crippen molar-refractivity contribution in [3.8, 4) is 0 Å². The van der Waals surface area contributed by atoms with Gasteiger partial charge in [0.2, 0.25) is 0 Å². The molecule has 0 aliphatic carbocycles. The van der Waals surface area contributed by atoms with Gasteiger partial charge in [-0.15, -0.1) is 0 Å². The van der Waals surface area contributed by atoms with E-state index < -0.39 is 30.1 Å². The first-order valence-electron chi connectivity index (χ1n) is 5.40. The van der Waals surface area contributed by atoms with Gasteiger partial charge >= 0.3 is 12.1 Å². The first-order chi connectivity index (χ1) is 7.12. The highest BCUT2D eigenvalue weighted by molar-refractivity contribution is 5.75. The summed E-state index contributed by atoms with van der Waals surface area (Å²) in [6.45, 7) is 6.69. The maximum Gasteiger partial charge on any atom is 0.392 e. The average molecular weight is 240 g/mol. The van der Waals surface area contributed by atoms with Gasteiger partial charge in [0.05, 0.1) is 11.8 Å². The molecule has 0 amide bonds. The predicted molar refractivity (Wildman–Crippen MR) is 54.9 cm³/mol. The second-order valence-corrected chi connectivity index (χ2v) is 4.49. The Morgan fingerprint density at radius 2 is 1.75 bits per heavy atom. The second kappa shape index (κ2) is 5.55. The molecule has 0 bridgehead atoms. The summed E-state index contributed by atoms with van der Waals surface area (Å²) in [6.07, 6.45) is -5.73. The molecular formula is C11H19F3O2. The standard InChI is InChI=1S/C11H19F3O2/c1-5-8(7-11(12,13)14)16-9(15)10(3,4)6-2/h8H,5-7H2,1-4H3. The number of halogens is 3. The molecule has 0 fully saturated rings. The summed E-state index contributed by atoms with van der Waals surface area (Å²) in [5, 5.41) is 0. The highest BCUT2D eigenvalue weighted by Crippen LogP contribution is 2.27. The normalized spacial score (nSPS) is 14.7. The number of hydrogen-bond acceptors (Lipinski definition) is 2. The molecule has 0 aromatic heterocycles. The molecular weight excluding hydrogens is 221 g/mol. The Morgan fingerprint density at radius 3 is 2.06 bits per heavy atom. The van der Waals surface area contributed by atoms with Crippen LogP contribution < -0.4 is 0 Å². The zero-order chi connectivity index (χ0) is 13.0. The SMILES string of the molecule is CCC(CC(F)(F)F)OC(=O)C(C)(C)CC. The monoisotopic (exact) mass is 240 g/mol. The predicted octanol–water partition coefficient (Wildman–Crippen LogP) is 3.70. The van der Waals surface area contributed by atoms with Gasteiger partial charge in [-0.25, -0.2) is 0 Å². The Bertz CT molecular complexity index is 234. The summed E-state index contributed by atoms with van der Waals surface area (Å²) in [6, 6.07) is 0. The number of hydrogen-bond donors (Lipinski definition) is 0. The Morgan fingerprint density at radius 1 is 1.25 bits per heavy atom. The lowest BCUT2D eigenvalue weighted by atomic mass is 9.90. The van der Waals surface area contributed by atoms with E-state index in [0.717, 1.165) is 0 Å². The van der Waals surface area contributed by atoms with E-state index in [1.54, 1.807) is 27.7 Å². The first-order valence-corrected chi connectivity index (χ1v) is 5.40. The largest absolute Gasteiger partial charge is 0.462 e. The Labute approximate surface area is 94.2 Å². The van der Waals surface area contributed by atoms with Crippen LogP contribution in [0.15, 0.2) is 0 Å². The molecule has 1 atom stereocenters. The summed E-state index contributed by atoms with van der Waals surface area (Å²) >= 11 is 0. The lowest BCUT2D eigenvalue weighted by Crippen LogP contribution is -2.32. The zero-order valence-corrected chi connectivity index (χ0v) is 10.1. The number of carbonyl (C=O) groups excluding carboxylic acids is 1. The van der Waals surface area contributed by atoms with E-state index in [4.69, 9.17) is 4.74 Å². The van der Waals surface area contributed by atoms with Crippen LogP contribution in [0.4, 0.5) is 13.2 Å². The van der Waals surface area contributed by atoms with Crippen molar-refractivity contribution in [3.63, 3.8) is 0 Å². The fourth-order valence-corrected chi connectivity index (χ4v) is 0.983. The fraction of sp³-hybridized carbons (Fsp3) is 0.909. The molecule has 0 heterocycles. The number of esters is 1. The van der Waals surface area contributed by atoms with Gasteiger partial charge in [-0.05, 0) is 26.7 Å². The molecule has 2 nitrogen and oxygen atoms in total. The second-order valence-electron chi connectivity index (χ2n) is 4.49. The van der Waals surface area contributed by atoms with Crippen molar-refractivity contribution >= 4 is 5.97 Å². The topological polar surface area (TPSA) is 26.3 Å². The van der Waals surface area contributed by atoms with Crippen LogP contribution in [0.1, 0.15) is 47.0 Å². The third-order valence-electron chi connectivity index (χ3n) is 2.62. The minimum atomic E-state index is -4.29. The minimum absolute atomic E-state index is 0.172. The molecule has 0 aromatic carbocycles. The van der Waals surface area contributed by atoms with Crippen LogP contribution in [-0.4, -0.2) is 18.2 Å². The number of ether oxygens (including phenoxy) is 1. The molecule has 0 aromatic rings. The third-order valence-corrected chi connectivity index (χ3v) is 2.62. The molecule has 0 N–H and O–H groups in total. The van der Waals surface area contributed by atoms with E-state index in [-0.39, 0.29) is 6.42 Å². The molecule has 0 saturated carbocycles. The Kier molecular flexibility index (Phi) is 5.29. The average Bonchev–Trinajstić information content (AvgIpc) is 2.14. The van der Waals surface area contributed by atoms with Gasteiger partial charge < -0.3 is 4.74 Å². The van der Waals surface area contributed by atoms with E-state index in [1.807, 2.05) is 0 Å². The first kappa shape index (κ1) is 15.3. The third kappa shape index (κ3) is 5.37. The molecule has 0 spiro atoms. The lowest BCUT2D eigenvalue weighted by Gasteiger charge is -2.25. The molecule has 0 aliphatic heterocycles. The van der Waals surface area contributed by atoms with Crippen molar-refractivity contribution in [1.82, 2.24) is 0 Å². The summed E-state index contributed by atoms with van der Waals surface area (Å²) in [5.74, 6) is -0.564. The number of rotatable bonds is 5. The minimum Gasteiger partial charge on any atom is -0.462 e. The van der Waals surface area contributed by atoms with E-state index in [9.17, 15) is 18.0 Å². The van der Waals surface area contributed by atoms with Crippen molar-refractivity contribution in [2.75, 3.05) is 0 Å². The highest BCUT2D eigenvalue weighted by atomic mass is 19.4. The van der Waals surface area contributed by atoms with Crippen LogP contribution in [0.3, 0.4) is 0 Å². The van der Waals surface area contributed by atoms with Crippen molar-refractivity contribution in [2.24, 2.45) is 5.41 Å². The van der Waals surface area contributed by atoms with Gasteiger partial charge in [0.1, 0.15) is 6.10 Å². The summed E-state index contributed by atoms with van der Waals surface area (Å²) in [7, 11) is 0. The Hall–Kier alpha value is -0.740. The summed E-state index contributed by atoms with van der Waals surface area (Å²) < 4.78 is 41.3. The Balaban J connectivity index is 4.39. The van der Waals surface area contributed by atoms with Gasteiger partial charge in [-0.2, -0.15) is 13.2 Å². The molecule has 0 saturated heterocycles. The highest BCUT2D eigenvalue weighted by Gasteiger charge is 2.35. The fourth-order valence-electron chi connectivity index (χ4n) is 0.983. The van der Waals surface area contributed by atoms with Crippen LogP contribution in [0.2, 0.25) is 0 Å². The van der Waals surface area contributed by atoms with E-state index in [1.165, 1.54) is 0 Å². The van der Waals surface area contributed by atoms with Gasteiger partial charge in [-0.1, -0.05) is 13.8 Å². The summed E-state index contributed by atoms with van der Waals surface area (Å²) in [4.78, 5) is 11.6. The number of carbonyl (C=O) groups is 1. The summed E-state index contributed by atoms with van der Waals surface area (Å²) in [5.41, 5.74) is -0.723. The van der Waals surface area contributed by atoms with Gasteiger partial charge in [0.15, 0.2) is 0 Å². The van der Waals surface area contributed by atoms with E-state index in [2.05, 4.69) is 0 Å². The zero-order valence-electron chi connectivity index (χ0n) is 10.1. The lowest BCUT2D eigenvalue weighted by molar-refractivity contribution is -0.179. The number of alkyl halides is 3. The van der Waals surface area contributed by atoms with Crippen LogP contribution in [0, 0.1) is 5.41 Å². The van der Waals surface area contributed by atoms with Gasteiger partial charge in [0, 0.05) is 0 Å². The molecule has 96 valence electrons. The van der Waals surface area contributed by atoms with Crippen molar-refractivity contribution < 1.29 is 22.7 Å².